The van der Waals surface area contributed by atoms with Crippen molar-refractivity contribution >= 4 is 0 Å². The van der Waals surface area contributed by atoms with E-state index in [0.29, 0.717) is 17.9 Å². The molecule has 1 aliphatic carbocycles. The molecule has 116 valence electrons. The lowest BCUT2D eigenvalue weighted by Crippen LogP contribution is -2.37. The second-order valence-corrected chi connectivity index (χ2v) is 4.77. The van der Waals surface area contributed by atoms with Gasteiger partial charge >= 0.3 is 6.61 Å². The third kappa shape index (κ3) is 5.18. The minimum atomic E-state index is -3.07. The summed E-state index contributed by atoms with van der Waals surface area (Å²) in [5, 5.41) is 8.87. The van der Waals surface area contributed by atoms with E-state index in [2.05, 4.69) is 4.74 Å². The third-order valence-corrected chi connectivity index (χ3v) is 3.47. The zero-order valence-electron chi connectivity index (χ0n) is 12.2. The van der Waals surface area contributed by atoms with E-state index < -0.39 is 12.4 Å². The van der Waals surface area contributed by atoms with E-state index >= 15 is 0 Å². The molecular weight excluding hydrogens is 281 g/mol. The maximum atomic E-state index is 13.6. The Morgan fingerprint density at radius 1 is 1.48 bits per heavy atom. The molecule has 0 aromatic carbocycles. The molecule has 21 heavy (non-hydrogen) atoms. The van der Waals surface area contributed by atoms with Gasteiger partial charge in [0.05, 0.1) is 12.5 Å². The maximum Gasteiger partial charge on any atom is 0.387 e. The Kier molecular flexibility index (Phi) is 6.86. The number of likely N-dealkylation sites (N-methyl/N-ethyl adjacent to an activating group) is 1. The molecule has 0 unspecified atom stereocenters. The highest BCUT2D eigenvalue weighted by Gasteiger charge is 2.24. The molecule has 3 nitrogen and oxygen atoms in total. The summed E-state index contributed by atoms with van der Waals surface area (Å²) in [6.07, 6.45) is 6.48. The SMILES string of the molecule is C\C=C(/C(=C\C(F)=C\OC(F)F)CC#N)N(C)C1CCC1. The Hall–Kier alpha value is -1.90. The molecule has 1 rings (SSSR count). The summed E-state index contributed by atoms with van der Waals surface area (Å²) < 4.78 is 41.1. The van der Waals surface area contributed by atoms with Gasteiger partial charge in [0.2, 0.25) is 0 Å². The van der Waals surface area contributed by atoms with Gasteiger partial charge in [0.15, 0.2) is 5.83 Å². The second-order valence-electron chi connectivity index (χ2n) is 4.77. The Labute approximate surface area is 123 Å². The monoisotopic (exact) mass is 300 g/mol. The van der Waals surface area contributed by atoms with Gasteiger partial charge < -0.3 is 9.64 Å². The van der Waals surface area contributed by atoms with Gasteiger partial charge in [-0.15, -0.1) is 0 Å². The summed E-state index contributed by atoms with van der Waals surface area (Å²) in [7, 11) is 1.89. The molecule has 0 saturated heterocycles. The number of nitrogens with zero attached hydrogens (tertiary/aromatic N) is 2. The number of hydrogen-bond acceptors (Lipinski definition) is 3. The van der Waals surface area contributed by atoms with Gasteiger partial charge in [0.25, 0.3) is 0 Å². The van der Waals surface area contributed by atoms with Crippen LogP contribution in [0.15, 0.2) is 35.5 Å². The molecule has 0 amide bonds. The topological polar surface area (TPSA) is 36.3 Å². The van der Waals surface area contributed by atoms with Crippen LogP contribution in [-0.4, -0.2) is 24.6 Å². The number of allylic oxidation sites excluding steroid dienone is 4. The number of hydrogen-bond donors (Lipinski definition) is 0. The number of alkyl halides is 2. The molecule has 0 aromatic heterocycles. The quantitative estimate of drug-likeness (QED) is 0.520. The van der Waals surface area contributed by atoms with Crippen LogP contribution < -0.4 is 0 Å². The van der Waals surface area contributed by atoms with Crippen molar-refractivity contribution in [2.75, 3.05) is 7.05 Å². The van der Waals surface area contributed by atoms with Crippen LogP contribution in [0.3, 0.4) is 0 Å². The van der Waals surface area contributed by atoms with Crippen molar-refractivity contribution in [2.24, 2.45) is 0 Å². The summed E-state index contributed by atoms with van der Waals surface area (Å²) in [6.45, 7) is -1.27. The van der Waals surface area contributed by atoms with E-state index in [1.54, 1.807) is 13.0 Å². The summed E-state index contributed by atoms with van der Waals surface area (Å²) in [6, 6.07) is 2.34. The number of rotatable bonds is 7. The normalized spacial score (nSPS) is 17.5. The van der Waals surface area contributed by atoms with Crippen molar-refractivity contribution in [2.45, 2.75) is 45.3 Å². The number of nitriles is 1. The summed E-state index contributed by atoms with van der Waals surface area (Å²) in [5.41, 5.74) is 1.18. The molecule has 1 aliphatic rings. The number of ether oxygens (including phenoxy) is 1. The standard InChI is InChI=1S/C15H19F3N2O/c1-3-14(20(2)13-5-4-6-13)11(7-8-19)9-12(16)10-21-15(17)18/h3,9-10,13,15H,4-7H2,1-2H3/b11-9-,12-10-,14-3+. The zero-order valence-corrected chi connectivity index (χ0v) is 12.2. The minimum Gasteiger partial charge on any atom is -0.440 e. The highest BCUT2D eigenvalue weighted by molar-refractivity contribution is 5.36. The van der Waals surface area contributed by atoms with Gasteiger partial charge in [-0.3, -0.25) is 0 Å². The summed E-state index contributed by atoms with van der Waals surface area (Å²) in [5.74, 6) is -0.943. The van der Waals surface area contributed by atoms with Gasteiger partial charge in [-0.05, 0) is 37.8 Å². The van der Waals surface area contributed by atoms with E-state index in [9.17, 15) is 13.2 Å². The van der Waals surface area contributed by atoms with Crippen molar-refractivity contribution in [1.82, 2.24) is 4.90 Å². The van der Waals surface area contributed by atoms with Crippen LogP contribution in [0.4, 0.5) is 13.2 Å². The van der Waals surface area contributed by atoms with Crippen LogP contribution in [0.1, 0.15) is 32.6 Å². The average molecular weight is 300 g/mol. The molecular formula is C15H19F3N2O. The minimum absolute atomic E-state index is 0.00727. The van der Waals surface area contributed by atoms with Crippen LogP contribution >= 0.6 is 0 Å². The molecule has 1 fully saturated rings. The fourth-order valence-electron chi connectivity index (χ4n) is 2.20. The fourth-order valence-corrected chi connectivity index (χ4v) is 2.20. The third-order valence-electron chi connectivity index (χ3n) is 3.47. The second kappa shape index (κ2) is 8.40. The summed E-state index contributed by atoms with van der Waals surface area (Å²) in [4.78, 5) is 2.01. The first kappa shape index (κ1) is 17.2. The first-order valence-electron chi connectivity index (χ1n) is 6.76. The van der Waals surface area contributed by atoms with Crippen LogP contribution in [0.5, 0.6) is 0 Å². The molecule has 0 aliphatic heterocycles. The fraction of sp³-hybridized carbons (Fsp3) is 0.533. The highest BCUT2D eigenvalue weighted by Crippen LogP contribution is 2.30. The average Bonchev–Trinajstić information content (AvgIpc) is 2.35. The van der Waals surface area contributed by atoms with E-state index in [0.717, 1.165) is 31.0 Å². The van der Waals surface area contributed by atoms with Gasteiger partial charge in [-0.1, -0.05) is 6.08 Å². The molecule has 1 saturated carbocycles. The highest BCUT2D eigenvalue weighted by atomic mass is 19.3. The van der Waals surface area contributed by atoms with Crippen LogP contribution in [-0.2, 0) is 4.74 Å². The molecule has 0 heterocycles. The van der Waals surface area contributed by atoms with Crippen molar-refractivity contribution in [3.63, 3.8) is 0 Å². The largest absolute Gasteiger partial charge is 0.440 e. The van der Waals surface area contributed by atoms with Crippen LogP contribution in [0.25, 0.3) is 0 Å². The van der Waals surface area contributed by atoms with Gasteiger partial charge in [0.1, 0.15) is 6.26 Å². The lowest BCUT2D eigenvalue weighted by molar-refractivity contribution is -0.0844. The lowest BCUT2D eigenvalue weighted by atomic mass is 9.90. The predicted octanol–water partition coefficient (Wildman–Crippen LogP) is 4.26. The smallest absolute Gasteiger partial charge is 0.387 e. The van der Waals surface area contributed by atoms with Gasteiger partial charge in [-0.2, -0.15) is 14.0 Å². The molecule has 0 spiro atoms. The van der Waals surface area contributed by atoms with Gasteiger partial charge in [0, 0.05) is 18.8 Å². The first-order valence-corrected chi connectivity index (χ1v) is 6.76. The van der Waals surface area contributed by atoms with Crippen LogP contribution in [0, 0.1) is 11.3 Å². The molecule has 0 bridgehead atoms. The molecule has 0 atom stereocenters. The molecule has 6 heteroatoms. The Bertz CT molecular complexity index is 474. The molecule has 0 aromatic rings. The van der Waals surface area contributed by atoms with Crippen molar-refractivity contribution in [3.05, 3.63) is 35.5 Å². The van der Waals surface area contributed by atoms with Gasteiger partial charge in [-0.25, -0.2) is 4.39 Å². The van der Waals surface area contributed by atoms with E-state index in [4.69, 9.17) is 5.26 Å². The van der Waals surface area contributed by atoms with E-state index in [-0.39, 0.29) is 6.42 Å². The first-order chi connectivity index (χ1) is 9.99. The summed E-state index contributed by atoms with van der Waals surface area (Å²) >= 11 is 0. The predicted molar refractivity (Wildman–Crippen MR) is 73.8 cm³/mol. The molecule has 0 radical (unpaired) electrons. The Balaban J connectivity index is 2.92. The van der Waals surface area contributed by atoms with E-state index in [1.165, 1.54) is 0 Å². The van der Waals surface area contributed by atoms with E-state index in [1.807, 2.05) is 18.0 Å². The molecule has 0 N–H and O–H groups in total. The van der Waals surface area contributed by atoms with Crippen molar-refractivity contribution in [1.29, 1.82) is 5.26 Å². The Morgan fingerprint density at radius 2 is 2.14 bits per heavy atom. The van der Waals surface area contributed by atoms with Crippen LogP contribution in [0.2, 0.25) is 0 Å². The lowest BCUT2D eigenvalue weighted by Gasteiger charge is -2.38. The zero-order chi connectivity index (χ0) is 15.8. The van der Waals surface area contributed by atoms with Crippen molar-refractivity contribution in [3.8, 4) is 6.07 Å². The number of halogens is 3. The Morgan fingerprint density at radius 3 is 2.57 bits per heavy atom. The van der Waals surface area contributed by atoms with Crippen molar-refractivity contribution < 1.29 is 17.9 Å². The maximum absolute atomic E-state index is 13.6.